The third-order valence-corrected chi connectivity index (χ3v) is 4.63. The van der Waals surface area contributed by atoms with Crippen molar-refractivity contribution in [2.45, 2.75) is 104 Å². The minimum Gasteiger partial charge on any atom is -0.351 e. The summed E-state index contributed by atoms with van der Waals surface area (Å²) in [6.45, 7) is 5.78. The van der Waals surface area contributed by atoms with Gasteiger partial charge in [0.2, 0.25) is 0 Å². The second kappa shape index (κ2) is 18.4. The number of hydrogen-bond acceptors (Lipinski definition) is 1. The van der Waals surface area contributed by atoms with Gasteiger partial charge in [0.05, 0.1) is 0 Å². The standard InChI is InChI=1S/C21H42N2O/c1-3-5-6-7-8-9-10-11-12-13-14-15-16-17-18-19-20-23(4-2)21(22)24/h11-12H,3-10,13-20H2,1-2H3,(H2,22,24)/b12-11-. The van der Waals surface area contributed by atoms with Crippen molar-refractivity contribution in [1.82, 2.24) is 4.90 Å². The molecular weight excluding hydrogens is 296 g/mol. The highest BCUT2D eigenvalue weighted by molar-refractivity contribution is 5.71. The van der Waals surface area contributed by atoms with Crippen LogP contribution in [0.2, 0.25) is 0 Å². The van der Waals surface area contributed by atoms with Gasteiger partial charge < -0.3 is 10.6 Å². The maximum absolute atomic E-state index is 11.1. The molecule has 0 saturated carbocycles. The van der Waals surface area contributed by atoms with Gasteiger partial charge in [-0.05, 0) is 39.0 Å². The number of carbonyl (C=O) groups is 1. The van der Waals surface area contributed by atoms with Gasteiger partial charge in [-0.25, -0.2) is 4.79 Å². The van der Waals surface area contributed by atoms with Crippen LogP contribution in [-0.2, 0) is 0 Å². The first-order chi connectivity index (χ1) is 11.7. The van der Waals surface area contributed by atoms with Crippen molar-refractivity contribution in [3.05, 3.63) is 12.2 Å². The molecule has 24 heavy (non-hydrogen) atoms. The molecule has 2 N–H and O–H groups in total. The molecule has 3 nitrogen and oxygen atoms in total. The van der Waals surface area contributed by atoms with Gasteiger partial charge >= 0.3 is 6.03 Å². The predicted molar refractivity (Wildman–Crippen MR) is 106 cm³/mol. The molecule has 0 unspecified atom stereocenters. The van der Waals surface area contributed by atoms with Gasteiger partial charge in [0.25, 0.3) is 0 Å². The summed E-state index contributed by atoms with van der Waals surface area (Å²) in [6.07, 6.45) is 23.1. The second-order valence-corrected chi connectivity index (χ2v) is 6.86. The molecule has 0 aliphatic carbocycles. The Hall–Kier alpha value is -0.990. The average molecular weight is 339 g/mol. The van der Waals surface area contributed by atoms with Crippen molar-refractivity contribution in [2.24, 2.45) is 5.73 Å². The average Bonchev–Trinajstić information content (AvgIpc) is 2.57. The number of hydrogen-bond donors (Lipinski definition) is 1. The molecular formula is C21H42N2O. The third-order valence-electron chi connectivity index (χ3n) is 4.63. The van der Waals surface area contributed by atoms with E-state index < -0.39 is 0 Å². The maximum atomic E-state index is 11.1. The molecule has 0 radical (unpaired) electrons. The van der Waals surface area contributed by atoms with E-state index in [-0.39, 0.29) is 6.03 Å². The summed E-state index contributed by atoms with van der Waals surface area (Å²) in [4.78, 5) is 12.8. The topological polar surface area (TPSA) is 46.3 Å². The number of unbranched alkanes of at least 4 members (excludes halogenated alkanes) is 12. The van der Waals surface area contributed by atoms with Gasteiger partial charge in [0.1, 0.15) is 0 Å². The molecule has 0 rings (SSSR count). The highest BCUT2D eigenvalue weighted by Crippen LogP contribution is 2.10. The van der Waals surface area contributed by atoms with Crippen molar-refractivity contribution in [3.63, 3.8) is 0 Å². The van der Waals surface area contributed by atoms with Crippen molar-refractivity contribution >= 4 is 6.03 Å². The zero-order valence-electron chi connectivity index (χ0n) is 16.4. The van der Waals surface area contributed by atoms with Crippen LogP contribution < -0.4 is 5.73 Å². The Morgan fingerprint density at radius 3 is 1.67 bits per heavy atom. The Balaban J connectivity index is 3.22. The summed E-state index contributed by atoms with van der Waals surface area (Å²) in [5.74, 6) is 0. The number of urea groups is 1. The van der Waals surface area contributed by atoms with Crippen molar-refractivity contribution in [1.29, 1.82) is 0 Å². The Labute approximate surface area is 151 Å². The number of nitrogens with two attached hydrogens (primary N) is 1. The van der Waals surface area contributed by atoms with Crippen LogP contribution in [0.4, 0.5) is 4.79 Å². The van der Waals surface area contributed by atoms with Crippen LogP contribution in [0, 0.1) is 0 Å². The smallest absolute Gasteiger partial charge is 0.314 e. The first-order valence-corrected chi connectivity index (χ1v) is 10.4. The van der Waals surface area contributed by atoms with E-state index in [1.165, 1.54) is 83.5 Å². The fraction of sp³-hybridized carbons (Fsp3) is 0.857. The summed E-state index contributed by atoms with van der Waals surface area (Å²) in [5, 5.41) is 0. The van der Waals surface area contributed by atoms with Crippen molar-refractivity contribution in [3.8, 4) is 0 Å². The molecule has 0 heterocycles. The van der Waals surface area contributed by atoms with Gasteiger partial charge in [0, 0.05) is 13.1 Å². The molecule has 2 amide bonds. The molecule has 0 saturated heterocycles. The van der Waals surface area contributed by atoms with Gasteiger partial charge in [-0.1, -0.05) is 76.9 Å². The summed E-state index contributed by atoms with van der Waals surface area (Å²) < 4.78 is 0. The predicted octanol–water partition coefficient (Wildman–Crippen LogP) is 6.42. The lowest BCUT2D eigenvalue weighted by Crippen LogP contribution is -2.36. The molecule has 0 fully saturated rings. The molecule has 3 heteroatoms. The Kier molecular flexibility index (Phi) is 17.6. The molecule has 142 valence electrons. The lowest BCUT2D eigenvalue weighted by Gasteiger charge is -2.17. The third kappa shape index (κ3) is 15.9. The monoisotopic (exact) mass is 338 g/mol. The minimum absolute atomic E-state index is 0.287. The molecule has 0 aromatic heterocycles. The molecule has 0 aliphatic rings. The number of carbonyl (C=O) groups excluding carboxylic acids is 1. The molecule has 0 aromatic carbocycles. The molecule has 0 aromatic rings. The molecule has 0 aliphatic heterocycles. The normalized spacial score (nSPS) is 11.2. The quantitative estimate of drug-likeness (QED) is 0.241. The van der Waals surface area contributed by atoms with E-state index in [2.05, 4.69) is 19.1 Å². The van der Waals surface area contributed by atoms with Crippen molar-refractivity contribution in [2.75, 3.05) is 13.1 Å². The van der Waals surface area contributed by atoms with Crippen LogP contribution in [0.15, 0.2) is 12.2 Å². The number of primary amides is 1. The zero-order valence-corrected chi connectivity index (χ0v) is 16.4. The van der Waals surface area contributed by atoms with Gasteiger partial charge in [-0.3, -0.25) is 0 Å². The number of amides is 2. The number of allylic oxidation sites excluding steroid dienone is 2. The van der Waals surface area contributed by atoms with E-state index in [0.29, 0.717) is 0 Å². The highest BCUT2D eigenvalue weighted by atomic mass is 16.2. The lowest BCUT2D eigenvalue weighted by molar-refractivity contribution is 0.209. The van der Waals surface area contributed by atoms with Crippen LogP contribution in [-0.4, -0.2) is 24.0 Å². The van der Waals surface area contributed by atoms with Gasteiger partial charge in [0.15, 0.2) is 0 Å². The first kappa shape index (κ1) is 23.0. The summed E-state index contributed by atoms with van der Waals surface area (Å²) >= 11 is 0. The fourth-order valence-corrected chi connectivity index (χ4v) is 2.97. The van der Waals surface area contributed by atoms with E-state index in [0.717, 1.165) is 19.5 Å². The zero-order chi connectivity index (χ0) is 17.9. The molecule has 0 bridgehead atoms. The van der Waals surface area contributed by atoms with E-state index in [1.807, 2.05) is 6.92 Å². The van der Waals surface area contributed by atoms with E-state index in [4.69, 9.17) is 5.73 Å². The minimum atomic E-state index is -0.287. The highest BCUT2D eigenvalue weighted by Gasteiger charge is 2.04. The van der Waals surface area contributed by atoms with Crippen LogP contribution in [0.3, 0.4) is 0 Å². The number of rotatable bonds is 17. The van der Waals surface area contributed by atoms with Crippen molar-refractivity contribution < 1.29 is 4.79 Å². The largest absolute Gasteiger partial charge is 0.351 e. The maximum Gasteiger partial charge on any atom is 0.314 e. The first-order valence-electron chi connectivity index (χ1n) is 10.4. The molecule has 0 spiro atoms. The summed E-state index contributed by atoms with van der Waals surface area (Å²) in [5.41, 5.74) is 5.29. The van der Waals surface area contributed by atoms with Crippen LogP contribution >= 0.6 is 0 Å². The van der Waals surface area contributed by atoms with Gasteiger partial charge in [-0.15, -0.1) is 0 Å². The SMILES string of the molecule is CCCCCCCC/C=C\CCCCCCCCN(CC)C(N)=O. The van der Waals surface area contributed by atoms with Crippen LogP contribution in [0.25, 0.3) is 0 Å². The van der Waals surface area contributed by atoms with Crippen LogP contribution in [0.1, 0.15) is 104 Å². The lowest BCUT2D eigenvalue weighted by atomic mass is 10.1. The Bertz CT molecular complexity index is 302. The second-order valence-electron chi connectivity index (χ2n) is 6.86. The summed E-state index contributed by atoms with van der Waals surface area (Å²) in [6, 6.07) is -0.287. The van der Waals surface area contributed by atoms with E-state index >= 15 is 0 Å². The Morgan fingerprint density at radius 2 is 1.21 bits per heavy atom. The van der Waals surface area contributed by atoms with Gasteiger partial charge in [-0.2, -0.15) is 0 Å². The summed E-state index contributed by atoms with van der Waals surface area (Å²) in [7, 11) is 0. The Morgan fingerprint density at radius 1 is 0.750 bits per heavy atom. The fourth-order valence-electron chi connectivity index (χ4n) is 2.97. The number of nitrogens with zero attached hydrogens (tertiary/aromatic N) is 1. The van der Waals surface area contributed by atoms with Crippen LogP contribution in [0.5, 0.6) is 0 Å². The van der Waals surface area contributed by atoms with E-state index in [1.54, 1.807) is 4.90 Å². The van der Waals surface area contributed by atoms with E-state index in [9.17, 15) is 4.79 Å². The molecule has 0 atom stereocenters.